The summed E-state index contributed by atoms with van der Waals surface area (Å²) in [6.45, 7) is 4.10. The minimum absolute atomic E-state index is 0.0285. The SMILES string of the molecule is CCCCCCCCCC(=O)NN=C(C)c1ccc(NC(=O)C2CCCCC2)cc1. The highest BCUT2D eigenvalue weighted by atomic mass is 16.2. The van der Waals surface area contributed by atoms with Gasteiger partial charge in [-0.05, 0) is 43.9 Å². The standard InChI is InChI=1S/C25H39N3O2/c1-3-4-5-6-7-8-12-15-24(29)28-27-20(2)21-16-18-23(19-17-21)26-25(30)22-13-10-9-11-14-22/h16-19,22H,3-15H2,1-2H3,(H,26,30)(H,28,29). The van der Waals surface area contributed by atoms with Crippen LogP contribution in [0.5, 0.6) is 0 Å². The summed E-state index contributed by atoms with van der Waals surface area (Å²) in [6, 6.07) is 7.65. The predicted molar refractivity (Wildman–Crippen MR) is 125 cm³/mol. The molecular weight excluding hydrogens is 374 g/mol. The molecule has 0 unspecified atom stereocenters. The van der Waals surface area contributed by atoms with E-state index in [-0.39, 0.29) is 17.7 Å². The number of benzene rings is 1. The van der Waals surface area contributed by atoms with Crippen molar-refractivity contribution >= 4 is 23.2 Å². The molecule has 5 heteroatoms. The van der Waals surface area contributed by atoms with Crippen molar-refractivity contribution in [3.05, 3.63) is 29.8 Å². The van der Waals surface area contributed by atoms with E-state index >= 15 is 0 Å². The Morgan fingerprint density at radius 1 is 0.933 bits per heavy atom. The van der Waals surface area contributed by atoms with Crippen LogP contribution in [-0.2, 0) is 9.59 Å². The Bertz CT molecular complexity index is 676. The monoisotopic (exact) mass is 413 g/mol. The highest BCUT2D eigenvalue weighted by Crippen LogP contribution is 2.25. The van der Waals surface area contributed by atoms with Gasteiger partial charge in [-0.1, -0.05) is 76.8 Å². The van der Waals surface area contributed by atoms with Crippen molar-refractivity contribution in [1.29, 1.82) is 0 Å². The third-order valence-electron chi connectivity index (χ3n) is 5.90. The van der Waals surface area contributed by atoms with E-state index in [9.17, 15) is 9.59 Å². The largest absolute Gasteiger partial charge is 0.326 e. The van der Waals surface area contributed by atoms with Gasteiger partial charge in [0.1, 0.15) is 0 Å². The number of hydrogen-bond acceptors (Lipinski definition) is 3. The normalized spacial score (nSPS) is 15.1. The quantitative estimate of drug-likeness (QED) is 0.244. The molecule has 2 N–H and O–H groups in total. The molecular formula is C25H39N3O2. The molecule has 166 valence electrons. The molecule has 0 aromatic heterocycles. The smallest absolute Gasteiger partial charge is 0.240 e. The third kappa shape index (κ3) is 9.10. The molecule has 5 nitrogen and oxygen atoms in total. The van der Waals surface area contributed by atoms with Gasteiger partial charge in [-0.15, -0.1) is 0 Å². The fourth-order valence-corrected chi connectivity index (χ4v) is 3.91. The molecule has 1 aromatic carbocycles. The number of hydrogen-bond donors (Lipinski definition) is 2. The number of carbonyl (C=O) groups is 2. The van der Waals surface area contributed by atoms with Crippen molar-refractivity contribution in [2.45, 2.75) is 97.3 Å². The van der Waals surface area contributed by atoms with Crippen LogP contribution in [0.3, 0.4) is 0 Å². The molecule has 30 heavy (non-hydrogen) atoms. The summed E-state index contributed by atoms with van der Waals surface area (Å²) in [6.07, 6.45) is 14.4. The molecule has 2 amide bonds. The molecule has 1 aliphatic rings. The Labute approximate surface area is 182 Å². The maximum atomic E-state index is 12.4. The van der Waals surface area contributed by atoms with Gasteiger partial charge in [-0.25, -0.2) is 5.43 Å². The van der Waals surface area contributed by atoms with Gasteiger partial charge >= 0.3 is 0 Å². The first kappa shape index (κ1) is 24.1. The summed E-state index contributed by atoms with van der Waals surface area (Å²) in [5.74, 6) is 0.248. The Morgan fingerprint density at radius 3 is 2.23 bits per heavy atom. The maximum Gasteiger partial charge on any atom is 0.240 e. The van der Waals surface area contributed by atoms with Crippen LogP contribution < -0.4 is 10.7 Å². The van der Waals surface area contributed by atoms with Gasteiger partial charge < -0.3 is 5.32 Å². The molecule has 0 spiro atoms. The fourth-order valence-electron chi connectivity index (χ4n) is 3.91. The average Bonchev–Trinajstić information content (AvgIpc) is 2.78. The number of nitrogens with one attached hydrogen (secondary N) is 2. The first-order valence-corrected chi connectivity index (χ1v) is 11.8. The molecule has 1 aromatic rings. The molecule has 0 saturated heterocycles. The number of hydrazone groups is 1. The zero-order valence-electron chi connectivity index (χ0n) is 18.8. The van der Waals surface area contributed by atoms with E-state index < -0.39 is 0 Å². The van der Waals surface area contributed by atoms with Crippen molar-refractivity contribution in [2.75, 3.05) is 5.32 Å². The van der Waals surface area contributed by atoms with Gasteiger partial charge in [0.15, 0.2) is 0 Å². The lowest BCUT2D eigenvalue weighted by Gasteiger charge is -2.20. The Kier molecular flexibility index (Phi) is 11.2. The van der Waals surface area contributed by atoms with Crippen LogP contribution in [0.25, 0.3) is 0 Å². The summed E-state index contributed by atoms with van der Waals surface area (Å²) in [4.78, 5) is 24.3. The molecule has 1 saturated carbocycles. The zero-order chi connectivity index (χ0) is 21.6. The third-order valence-corrected chi connectivity index (χ3v) is 5.90. The number of nitrogens with zero attached hydrogens (tertiary/aromatic N) is 1. The first-order chi connectivity index (χ1) is 14.6. The molecule has 1 fully saturated rings. The molecule has 1 aliphatic carbocycles. The van der Waals surface area contributed by atoms with E-state index in [1.807, 2.05) is 31.2 Å². The van der Waals surface area contributed by atoms with Crippen molar-refractivity contribution in [3.8, 4) is 0 Å². The van der Waals surface area contributed by atoms with Crippen molar-refractivity contribution in [1.82, 2.24) is 5.43 Å². The summed E-state index contributed by atoms with van der Waals surface area (Å²) >= 11 is 0. The van der Waals surface area contributed by atoms with Crippen molar-refractivity contribution in [3.63, 3.8) is 0 Å². The summed E-state index contributed by atoms with van der Waals surface area (Å²) in [7, 11) is 0. The Morgan fingerprint density at radius 2 is 1.57 bits per heavy atom. The van der Waals surface area contributed by atoms with Gasteiger partial charge in [0, 0.05) is 18.0 Å². The Hall–Kier alpha value is -2.17. The van der Waals surface area contributed by atoms with Crippen molar-refractivity contribution < 1.29 is 9.59 Å². The zero-order valence-corrected chi connectivity index (χ0v) is 18.8. The van der Waals surface area contributed by atoms with Gasteiger partial charge in [0.05, 0.1) is 5.71 Å². The minimum atomic E-state index is -0.0285. The lowest BCUT2D eigenvalue weighted by Crippen LogP contribution is -2.24. The van der Waals surface area contributed by atoms with Gasteiger partial charge in [-0.3, -0.25) is 9.59 Å². The predicted octanol–water partition coefficient (Wildman–Crippen LogP) is 6.19. The van der Waals surface area contributed by atoms with E-state index in [0.717, 1.165) is 55.5 Å². The van der Waals surface area contributed by atoms with E-state index in [1.165, 1.54) is 38.5 Å². The van der Waals surface area contributed by atoms with E-state index in [4.69, 9.17) is 0 Å². The van der Waals surface area contributed by atoms with Crippen LogP contribution in [0, 0.1) is 5.92 Å². The van der Waals surface area contributed by atoms with Gasteiger partial charge in [0.25, 0.3) is 0 Å². The van der Waals surface area contributed by atoms with E-state index in [0.29, 0.717) is 6.42 Å². The van der Waals surface area contributed by atoms with Crippen molar-refractivity contribution in [2.24, 2.45) is 11.0 Å². The fraction of sp³-hybridized carbons (Fsp3) is 0.640. The average molecular weight is 414 g/mol. The topological polar surface area (TPSA) is 70.6 Å². The number of amides is 2. The van der Waals surface area contributed by atoms with Gasteiger partial charge in [0.2, 0.25) is 11.8 Å². The van der Waals surface area contributed by atoms with Gasteiger partial charge in [-0.2, -0.15) is 5.10 Å². The summed E-state index contributed by atoms with van der Waals surface area (Å²) in [5.41, 5.74) is 5.16. The molecule has 0 atom stereocenters. The van der Waals surface area contributed by atoms with E-state index in [2.05, 4.69) is 22.8 Å². The lowest BCUT2D eigenvalue weighted by atomic mass is 9.88. The maximum absolute atomic E-state index is 12.4. The molecule has 0 radical (unpaired) electrons. The number of anilines is 1. The number of carbonyl (C=O) groups excluding carboxylic acids is 2. The van der Waals surface area contributed by atoms with Crippen LogP contribution in [-0.4, -0.2) is 17.5 Å². The van der Waals surface area contributed by atoms with Crippen LogP contribution in [0.4, 0.5) is 5.69 Å². The minimum Gasteiger partial charge on any atom is -0.326 e. The van der Waals surface area contributed by atoms with Crippen LogP contribution in [0.1, 0.15) is 103 Å². The lowest BCUT2D eigenvalue weighted by molar-refractivity contribution is -0.121. The molecule has 0 aliphatic heterocycles. The number of rotatable bonds is 12. The number of unbranched alkanes of at least 4 members (excludes halogenated alkanes) is 6. The molecule has 2 rings (SSSR count). The molecule has 0 bridgehead atoms. The first-order valence-electron chi connectivity index (χ1n) is 11.8. The molecule has 0 heterocycles. The summed E-state index contributed by atoms with van der Waals surface area (Å²) in [5, 5.41) is 7.25. The second-order valence-corrected chi connectivity index (χ2v) is 8.51. The van der Waals surface area contributed by atoms with Crippen LogP contribution in [0.15, 0.2) is 29.4 Å². The van der Waals surface area contributed by atoms with Crippen LogP contribution in [0.2, 0.25) is 0 Å². The summed E-state index contributed by atoms with van der Waals surface area (Å²) < 4.78 is 0. The highest BCUT2D eigenvalue weighted by Gasteiger charge is 2.20. The van der Waals surface area contributed by atoms with Crippen LogP contribution >= 0.6 is 0 Å². The second-order valence-electron chi connectivity index (χ2n) is 8.51. The second kappa shape index (κ2) is 13.9. The highest BCUT2D eigenvalue weighted by molar-refractivity contribution is 6.00. The van der Waals surface area contributed by atoms with E-state index in [1.54, 1.807) is 0 Å². The Balaban J connectivity index is 1.70.